The zero-order valence-corrected chi connectivity index (χ0v) is 8.69. The van der Waals surface area contributed by atoms with Gasteiger partial charge in [-0.2, -0.15) is 0 Å². The minimum Gasteiger partial charge on any atom is -0.383 e. The molecule has 0 saturated carbocycles. The van der Waals surface area contributed by atoms with E-state index < -0.39 is 37.7 Å². The Morgan fingerprint density at radius 1 is 1.47 bits per heavy atom. The number of halogens is 3. The lowest BCUT2D eigenvalue weighted by molar-refractivity contribution is 0.148. The summed E-state index contributed by atoms with van der Waals surface area (Å²) in [5.74, 6) is -0.613. The largest absolute Gasteiger partial charge is 0.383 e. The summed E-state index contributed by atoms with van der Waals surface area (Å²) in [5.41, 5.74) is 4.15. The molecular weight excluding hydrogens is 252 g/mol. The molecule has 0 amide bonds. The van der Waals surface area contributed by atoms with Crippen molar-refractivity contribution < 1.29 is 17.2 Å². The molecule has 0 unspecified atom stereocenters. The highest BCUT2D eigenvalue weighted by atomic mass is 35.5. The molecule has 0 spiro atoms. The van der Waals surface area contributed by atoms with Gasteiger partial charge in [0.15, 0.2) is 0 Å². The first-order valence-electron chi connectivity index (χ1n) is 3.50. The molecule has 0 radical (unpaired) electrons. The first kappa shape index (κ1) is 12.1. The standard InChI is InChI=1S/C6H6ClF2N3O2S/c7-2-1-12-6(10)3(5(8)9)4(2)15(11,13)14/h1,5H,(H2,10,12)(H2,11,13,14). The highest BCUT2D eigenvalue weighted by Crippen LogP contribution is 2.33. The van der Waals surface area contributed by atoms with Crippen LogP contribution in [0.15, 0.2) is 11.1 Å². The van der Waals surface area contributed by atoms with Gasteiger partial charge in [0.1, 0.15) is 10.7 Å². The predicted molar refractivity (Wildman–Crippen MR) is 50.0 cm³/mol. The van der Waals surface area contributed by atoms with E-state index >= 15 is 0 Å². The monoisotopic (exact) mass is 257 g/mol. The van der Waals surface area contributed by atoms with E-state index in [-0.39, 0.29) is 0 Å². The van der Waals surface area contributed by atoms with Crippen LogP contribution < -0.4 is 10.9 Å². The summed E-state index contributed by atoms with van der Waals surface area (Å²) < 4.78 is 47.0. The van der Waals surface area contributed by atoms with Gasteiger partial charge in [0.25, 0.3) is 6.43 Å². The Hall–Kier alpha value is -0.990. The molecule has 0 aliphatic carbocycles. The zero-order chi connectivity index (χ0) is 11.8. The van der Waals surface area contributed by atoms with E-state index in [4.69, 9.17) is 22.5 Å². The molecule has 0 aliphatic rings. The number of nitrogen functional groups attached to an aromatic ring is 1. The summed E-state index contributed by atoms with van der Waals surface area (Å²) in [6.07, 6.45) is -2.27. The molecule has 0 aliphatic heterocycles. The molecule has 0 saturated heterocycles. The van der Waals surface area contributed by atoms with Gasteiger partial charge in [-0.15, -0.1) is 0 Å². The number of pyridine rings is 1. The van der Waals surface area contributed by atoms with Gasteiger partial charge in [-0.25, -0.2) is 27.3 Å². The average Bonchev–Trinajstić information content (AvgIpc) is 2.05. The van der Waals surface area contributed by atoms with Crippen LogP contribution in [0.1, 0.15) is 12.0 Å². The van der Waals surface area contributed by atoms with E-state index in [0.29, 0.717) is 0 Å². The van der Waals surface area contributed by atoms with Crippen molar-refractivity contribution in [3.05, 3.63) is 16.8 Å². The molecule has 1 rings (SSSR count). The van der Waals surface area contributed by atoms with Gasteiger partial charge in [0.2, 0.25) is 10.0 Å². The predicted octanol–water partition coefficient (Wildman–Crippen LogP) is 0.902. The molecule has 0 aromatic carbocycles. The van der Waals surface area contributed by atoms with Crippen LogP contribution in [-0.2, 0) is 10.0 Å². The number of nitrogens with two attached hydrogens (primary N) is 2. The Morgan fingerprint density at radius 2 is 2.00 bits per heavy atom. The maximum atomic E-state index is 12.5. The molecule has 5 nitrogen and oxygen atoms in total. The summed E-state index contributed by atoms with van der Waals surface area (Å²) in [7, 11) is -4.36. The summed E-state index contributed by atoms with van der Waals surface area (Å²) in [5, 5.41) is 4.25. The van der Waals surface area contributed by atoms with Crippen LogP contribution in [0, 0.1) is 0 Å². The van der Waals surface area contributed by atoms with Crippen LogP contribution in [0.25, 0.3) is 0 Å². The fourth-order valence-corrected chi connectivity index (χ4v) is 2.30. The summed E-state index contributed by atoms with van der Waals surface area (Å²) in [6.45, 7) is 0. The maximum absolute atomic E-state index is 12.5. The minimum atomic E-state index is -4.36. The fraction of sp³-hybridized carbons (Fsp3) is 0.167. The quantitative estimate of drug-likeness (QED) is 0.822. The van der Waals surface area contributed by atoms with E-state index in [1.807, 2.05) is 0 Å². The summed E-state index contributed by atoms with van der Waals surface area (Å²) >= 11 is 5.42. The SMILES string of the molecule is Nc1ncc(Cl)c(S(N)(=O)=O)c1C(F)F. The number of hydrogen-bond donors (Lipinski definition) is 2. The van der Waals surface area contributed by atoms with Crippen LogP contribution in [-0.4, -0.2) is 13.4 Å². The number of nitrogens with zero attached hydrogens (tertiary/aromatic N) is 1. The van der Waals surface area contributed by atoms with Gasteiger partial charge < -0.3 is 5.73 Å². The number of alkyl halides is 2. The highest BCUT2D eigenvalue weighted by molar-refractivity contribution is 7.89. The zero-order valence-electron chi connectivity index (χ0n) is 7.12. The van der Waals surface area contributed by atoms with Crippen molar-refractivity contribution in [1.29, 1.82) is 0 Å². The third-order valence-electron chi connectivity index (χ3n) is 1.56. The van der Waals surface area contributed by atoms with E-state index in [0.717, 1.165) is 6.20 Å². The van der Waals surface area contributed by atoms with Crippen LogP contribution in [0.3, 0.4) is 0 Å². The van der Waals surface area contributed by atoms with Crippen molar-refractivity contribution in [3.8, 4) is 0 Å². The number of primary sulfonamides is 1. The Bertz CT molecular complexity index is 491. The van der Waals surface area contributed by atoms with E-state index in [1.54, 1.807) is 0 Å². The Labute approximate surface area is 89.1 Å². The number of sulfonamides is 1. The molecule has 1 heterocycles. The van der Waals surface area contributed by atoms with E-state index in [1.165, 1.54) is 0 Å². The Kier molecular flexibility index (Phi) is 3.12. The van der Waals surface area contributed by atoms with Crippen LogP contribution in [0.2, 0.25) is 5.02 Å². The third-order valence-corrected chi connectivity index (χ3v) is 2.96. The van der Waals surface area contributed by atoms with Gasteiger partial charge in [-0.05, 0) is 0 Å². The molecule has 84 valence electrons. The van der Waals surface area contributed by atoms with Crippen molar-refractivity contribution in [2.45, 2.75) is 11.3 Å². The first-order chi connectivity index (χ1) is 6.75. The fourth-order valence-electron chi connectivity index (χ4n) is 0.999. The van der Waals surface area contributed by atoms with Gasteiger partial charge >= 0.3 is 0 Å². The lowest BCUT2D eigenvalue weighted by Crippen LogP contribution is -2.17. The normalized spacial score (nSPS) is 12.1. The maximum Gasteiger partial charge on any atom is 0.268 e. The second-order valence-corrected chi connectivity index (χ2v) is 4.49. The van der Waals surface area contributed by atoms with Gasteiger partial charge in [-0.1, -0.05) is 11.6 Å². The third kappa shape index (κ3) is 2.33. The van der Waals surface area contributed by atoms with Crippen molar-refractivity contribution >= 4 is 27.4 Å². The molecule has 1 aromatic rings. The van der Waals surface area contributed by atoms with Crippen molar-refractivity contribution in [2.75, 3.05) is 5.73 Å². The summed E-state index contributed by atoms with van der Waals surface area (Å²) in [6, 6.07) is 0. The smallest absolute Gasteiger partial charge is 0.268 e. The van der Waals surface area contributed by atoms with Crippen LogP contribution in [0.4, 0.5) is 14.6 Å². The lowest BCUT2D eigenvalue weighted by Gasteiger charge is -2.10. The number of rotatable bonds is 2. The molecule has 0 bridgehead atoms. The molecule has 0 atom stereocenters. The number of aromatic nitrogens is 1. The Morgan fingerprint density at radius 3 is 2.33 bits per heavy atom. The van der Waals surface area contributed by atoms with Crippen LogP contribution in [0.5, 0.6) is 0 Å². The topological polar surface area (TPSA) is 99.1 Å². The first-order valence-corrected chi connectivity index (χ1v) is 5.42. The Balaban J connectivity index is 3.68. The van der Waals surface area contributed by atoms with Gasteiger partial charge in [-0.3, -0.25) is 0 Å². The van der Waals surface area contributed by atoms with Crippen molar-refractivity contribution in [1.82, 2.24) is 4.98 Å². The second-order valence-electron chi connectivity index (χ2n) is 2.58. The number of hydrogen-bond acceptors (Lipinski definition) is 4. The highest BCUT2D eigenvalue weighted by Gasteiger charge is 2.27. The van der Waals surface area contributed by atoms with Gasteiger partial charge in [0, 0.05) is 6.20 Å². The van der Waals surface area contributed by atoms with E-state index in [9.17, 15) is 17.2 Å². The van der Waals surface area contributed by atoms with Gasteiger partial charge in [0.05, 0.1) is 10.6 Å². The molecule has 0 fully saturated rings. The van der Waals surface area contributed by atoms with E-state index in [2.05, 4.69) is 4.98 Å². The average molecular weight is 258 g/mol. The molecule has 15 heavy (non-hydrogen) atoms. The lowest BCUT2D eigenvalue weighted by atomic mass is 10.2. The molecule has 4 N–H and O–H groups in total. The van der Waals surface area contributed by atoms with Crippen LogP contribution >= 0.6 is 11.6 Å². The van der Waals surface area contributed by atoms with Crippen molar-refractivity contribution in [2.24, 2.45) is 5.14 Å². The molecule has 1 aromatic heterocycles. The van der Waals surface area contributed by atoms with Crippen molar-refractivity contribution in [3.63, 3.8) is 0 Å². The minimum absolute atomic E-state index is 0.484. The number of anilines is 1. The molecule has 9 heteroatoms. The molecular formula is C6H6ClF2N3O2S. The summed E-state index contributed by atoms with van der Waals surface area (Å²) in [4.78, 5) is 2.44. The second kappa shape index (κ2) is 3.87.